The maximum Gasteiger partial charge on any atom is 0.240 e. The van der Waals surface area contributed by atoms with E-state index in [4.69, 9.17) is 0 Å². The molecule has 2 heterocycles. The number of hydrogen-bond donors (Lipinski definition) is 1. The van der Waals surface area contributed by atoms with Crippen molar-refractivity contribution in [2.75, 3.05) is 0 Å². The number of halogens is 1. The summed E-state index contributed by atoms with van der Waals surface area (Å²) in [4.78, 5) is 16.7. The number of hydrogen-bond acceptors (Lipinski definition) is 4. The van der Waals surface area contributed by atoms with Crippen LogP contribution in [0.25, 0.3) is 10.9 Å². The van der Waals surface area contributed by atoms with Crippen molar-refractivity contribution in [3.05, 3.63) is 90.6 Å². The zero-order valence-electron chi connectivity index (χ0n) is 15.8. The molecule has 6 nitrogen and oxygen atoms in total. The molecule has 0 radical (unpaired) electrons. The van der Waals surface area contributed by atoms with E-state index in [2.05, 4.69) is 10.3 Å². The summed E-state index contributed by atoms with van der Waals surface area (Å²) in [5.41, 5.74) is 1.34. The molecule has 0 fully saturated rings. The van der Waals surface area contributed by atoms with Crippen molar-refractivity contribution in [1.82, 2.24) is 14.9 Å². The average Bonchev–Trinajstić information content (AvgIpc) is 3.13. The number of pyridine rings is 1. The highest BCUT2D eigenvalue weighted by Crippen LogP contribution is 2.30. The largest absolute Gasteiger partial charge is 0.349 e. The second-order valence-corrected chi connectivity index (χ2v) is 8.61. The minimum atomic E-state index is -3.88. The number of nitrogens with zero attached hydrogens (tertiary/aromatic N) is 2. The normalized spacial score (nSPS) is 11.5. The molecule has 0 saturated carbocycles. The Morgan fingerprint density at radius 3 is 2.47 bits per heavy atom. The molecule has 0 saturated heterocycles. The topological polar surface area (TPSA) is 81.1 Å². The van der Waals surface area contributed by atoms with Crippen LogP contribution in [0.1, 0.15) is 5.69 Å². The summed E-state index contributed by atoms with van der Waals surface area (Å²) < 4.78 is 41.1. The second-order valence-electron chi connectivity index (χ2n) is 6.69. The van der Waals surface area contributed by atoms with Gasteiger partial charge in [-0.05, 0) is 42.5 Å². The van der Waals surface area contributed by atoms with E-state index in [0.717, 1.165) is 17.8 Å². The fourth-order valence-corrected chi connectivity index (χ4v) is 4.68. The third-order valence-electron chi connectivity index (χ3n) is 4.67. The van der Waals surface area contributed by atoms with Gasteiger partial charge in [0.15, 0.2) is 0 Å². The number of carbonyl (C=O) groups excluding carboxylic acids is 1. The molecule has 0 bridgehead atoms. The first-order valence-corrected chi connectivity index (χ1v) is 10.7. The number of amides is 1. The Hall–Kier alpha value is -3.52. The predicted molar refractivity (Wildman–Crippen MR) is 110 cm³/mol. The van der Waals surface area contributed by atoms with Gasteiger partial charge in [-0.1, -0.05) is 24.3 Å². The molecule has 2 aromatic heterocycles. The first-order valence-electron chi connectivity index (χ1n) is 9.20. The highest BCUT2D eigenvalue weighted by atomic mass is 32.2. The molecule has 0 aliphatic rings. The minimum absolute atomic E-state index is 0.00796. The number of aromatic nitrogens is 2. The fourth-order valence-electron chi connectivity index (χ4n) is 3.20. The van der Waals surface area contributed by atoms with Crippen molar-refractivity contribution >= 4 is 26.6 Å². The van der Waals surface area contributed by atoms with E-state index >= 15 is 0 Å². The molecule has 0 atom stereocenters. The molecular formula is C22H18FN3O3S. The Kier molecular flexibility index (Phi) is 5.33. The fraction of sp³-hybridized carbons (Fsp3) is 0.0909. The number of fused-ring (bicyclic) bond motifs is 1. The molecular weight excluding hydrogens is 405 g/mol. The van der Waals surface area contributed by atoms with Gasteiger partial charge < -0.3 is 9.88 Å². The van der Waals surface area contributed by atoms with Gasteiger partial charge in [-0.15, -0.1) is 0 Å². The third-order valence-corrected chi connectivity index (χ3v) is 6.47. The van der Waals surface area contributed by atoms with E-state index in [1.54, 1.807) is 47.2 Å². The summed E-state index contributed by atoms with van der Waals surface area (Å²) in [5, 5.41) is 3.28. The van der Waals surface area contributed by atoms with Gasteiger partial charge in [-0.2, -0.15) is 0 Å². The van der Waals surface area contributed by atoms with Crippen LogP contribution in [0.3, 0.4) is 0 Å². The number of rotatable bonds is 6. The second kappa shape index (κ2) is 8.08. The molecule has 4 rings (SSSR count). The summed E-state index contributed by atoms with van der Waals surface area (Å²) >= 11 is 0. The highest BCUT2D eigenvalue weighted by Gasteiger charge is 2.24. The molecule has 0 spiro atoms. The number of benzene rings is 2. The van der Waals surface area contributed by atoms with Crippen LogP contribution in [0.2, 0.25) is 0 Å². The highest BCUT2D eigenvalue weighted by molar-refractivity contribution is 7.91. The van der Waals surface area contributed by atoms with Gasteiger partial charge in [-0.3, -0.25) is 9.78 Å². The smallest absolute Gasteiger partial charge is 0.240 e. The third kappa shape index (κ3) is 3.95. The van der Waals surface area contributed by atoms with Crippen LogP contribution in [0.15, 0.2) is 88.9 Å². The first-order chi connectivity index (χ1) is 14.4. The van der Waals surface area contributed by atoms with Crippen molar-refractivity contribution in [3.8, 4) is 0 Å². The lowest BCUT2D eigenvalue weighted by atomic mass is 10.2. The van der Waals surface area contributed by atoms with Gasteiger partial charge in [0.1, 0.15) is 12.4 Å². The number of para-hydroxylation sites is 1. The summed E-state index contributed by atoms with van der Waals surface area (Å²) in [6.45, 7) is 0.228. The Labute approximate surface area is 172 Å². The van der Waals surface area contributed by atoms with Crippen molar-refractivity contribution in [1.29, 1.82) is 0 Å². The Balaban J connectivity index is 1.64. The van der Waals surface area contributed by atoms with E-state index in [9.17, 15) is 17.6 Å². The molecule has 8 heteroatoms. The van der Waals surface area contributed by atoms with Gasteiger partial charge in [-0.25, -0.2) is 12.8 Å². The summed E-state index contributed by atoms with van der Waals surface area (Å²) in [6, 6.07) is 17.1. The minimum Gasteiger partial charge on any atom is -0.349 e. The number of carbonyl (C=O) groups is 1. The zero-order chi connectivity index (χ0) is 21.1. The first kappa shape index (κ1) is 19.8. The number of sulfone groups is 1. The molecule has 152 valence electrons. The summed E-state index contributed by atoms with van der Waals surface area (Å²) in [7, 11) is -3.88. The Morgan fingerprint density at radius 1 is 1.00 bits per heavy atom. The monoisotopic (exact) mass is 423 g/mol. The molecule has 0 aliphatic heterocycles. The van der Waals surface area contributed by atoms with Crippen LogP contribution < -0.4 is 5.32 Å². The van der Waals surface area contributed by atoms with Crippen LogP contribution >= 0.6 is 0 Å². The standard InChI is InChI=1S/C22H18FN3O3S/c23-16-8-10-18(11-9-16)30(28,29)21-14-26(20-7-2-1-6-19(20)21)15-22(27)25-13-17-5-3-4-12-24-17/h1-12,14H,13,15H2,(H,25,27). The van der Waals surface area contributed by atoms with E-state index < -0.39 is 15.7 Å². The van der Waals surface area contributed by atoms with Gasteiger partial charge >= 0.3 is 0 Å². The summed E-state index contributed by atoms with van der Waals surface area (Å²) in [5.74, 6) is -0.784. The van der Waals surface area contributed by atoms with Gasteiger partial charge in [0.2, 0.25) is 15.7 Å². The maximum atomic E-state index is 13.2. The van der Waals surface area contributed by atoms with E-state index in [1.165, 1.54) is 18.3 Å². The van der Waals surface area contributed by atoms with Gasteiger partial charge in [0.25, 0.3) is 0 Å². The van der Waals surface area contributed by atoms with Gasteiger partial charge in [0, 0.05) is 23.3 Å². The summed E-state index contributed by atoms with van der Waals surface area (Å²) in [6.07, 6.45) is 3.09. The lowest BCUT2D eigenvalue weighted by Gasteiger charge is -2.07. The molecule has 2 aromatic carbocycles. The quantitative estimate of drug-likeness (QED) is 0.483. The average molecular weight is 423 g/mol. The Morgan fingerprint density at radius 2 is 1.73 bits per heavy atom. The zero-order valence-corrected chi connectivity index (χ0v) is 16.6. The Bertz CT molecular complexity index is 1300. The maximum absolute atomic E-state index is 13.2. The predicted octanol–water partition coefficient (Wildman–Crippen LogP) is 3.32. The van der Waals surface area contributed by atoms with Crippen LogP contribution in [0.4, 0.5) is 4.39 Å². The molecule has 4 aromatic rings. The molecule has 30 heavy (non-hydrogen) atoms. The van der Waals surface area contributed by atoms with Crippen molar-refractivity contribution in [2.24, 2.45) is 0 Å². The van der Waals surface area contributed by atoms with E-state index in [1.807, 2.05) is 6.07 Å². The molecule has 1 N–H and O–H groups in total. The molecule has 0 aliphatic carbocycles. The van der Waals surface area contributed by atoms with Crippen LogP contribution in [0, 0.1) is 5.82 Å². The van der Waals surface area contributed by atoms with Gasteiger partial charge in [0.05, 0.1) is 22.0 Å². The van der Waals surface area contributed by atoms with Crippen molar-refractivity contribution in [3.63, 3.8) is 0 Å². The molecule has 0 unspecified atom stereocenters. The number of nitrogens with one attached hydrogen (secondary N) is 1. The van der Waals surface area contributed by atoms with E-state index in [-0.39, 0.29) is 28.8 Å². The SMILES string of the molecule is O=C(Cn1cc(S(=O)(=O)c2ccc(F)cc2)c2ccccc21)NCc1ccccn1. The van der Waals surface area contributed by atoms with Crippen LogP contribution in [-0.4, -0.2) is 23.9 Å². The lowest BCUT2D eigenvalue weighted by molar-refractivity contribution is -0.121. The van der Waals surface area contributed by atoms with Crippen LogP contribution in [0.5, 0.6) is 0 Å². The van der Waals surface area contributed by atoms with E-state index in [0.29, 0.717) is 10.9 Å². The lowest BCUT2D eigenvalue weighted by Crippen LogP contribution is -2.27. The molecule has 1 amide bonds. The van der Waals surface area contributed by atoms with Crippen molar-refractivity contribution < 1.29 is 17.6 Å². The van der Waals surface area contributed by atoms with Crippen molar-refractivity contribution in [2.45, 2.75) is 22.9 Å². The van der Waals surface area contributed by atoms with Crippen LogP contribution in [-0.2, 0) is 27.7 Å².